The number of nitrogens with one attached hydrogen (secondary N) is 2. The van der Waals surface area contributed by atoms with E-state index in [1.165, 1.54) is 12.8 Å². The fourth-order valence-corrected chi connectivity index (χ4v) is 4.92. The van der Waals surface area contributed by atoms with Crippen LogP contribution in [-0.4, -0.2) is 54.7 Å². The summed E-state index contributed by atoms with van der Waals surface area (Å²) < 4.78 is 13.2. The Labute approximate surface area is 219 Å². The summed E-state index contributed by atoms with van der Waals surface area (Å²) in [6, 6.07) is 6.04. The molecule has 1 aliphatic heterocycles. The van der Waals surface area contributed by atoms with Gasteiger partial charge in [-0.15, -0.1) is 0 Å². The molecule has 1 saturated carbocycles. The Morgan fingerprint density at radius 2 is 2.03 bits per heavy atom. The molecule has 0 radical (unpaired) electrons. The van der Waals surface area contributed by atoms with Gasteiger partial charge in [-0.2, -0.15) is 0 Å². The predicted octanol–water partition coefficient (Wildman–Crippen LogP) is 3.99. The number of imidazole rings is 1. The second-order valence-corrected chi connectivity index (χ2v) is 10.2. The molecule has 2 heterocycles. The molecule has 4 rings (SSSR count). The molecule has 2 fully saturated rings. The van der Waals surface area contributed by atoms with Crippen molar-refractivity contribution >= 4 is 28.9 Å². The van der Waals surface area contributed by atoms with E-state index in [0.717, 1.165) is 73.3 Å². The first-order valence-corrected chi connectivity index (χ1v) is 13.5. The minimum atomic E-state index is -0.286. The van der Waals surface area contributed by atoms with E-state index in [9.17, 15) is 9.59 Å². The number of aldehydes is 1. The van der Waals surface area contributed by atoms with Crippen molar-refractivity contribution in [2.45, 2.75) is 65.1 Å². The average molecular weight is 509 g/mol. The number of rotatable bonds is 13. The maximum atomic E-state index is 12.5. The zero-order valence-corrected chi connectivity index (χ0v) is 22.3. The molecule has 1 aromatic heterocycles. The molecule has 2 aromatic rings. The molecular formula is C29H40N4O4. The molecule has 1 aliphatic carbocycles. The van der Waals surface area contributed by atoms with E-state index in [1.807, 2.05) is 26.2 Å². The SMILES string of the molecule is CCOC(=O)C(CC1CC1)NCc1ccc2c(c1)nc(C(/C=C(/C)C=O)=C/NC)n2CC1CCOCC1. The Morgan fingerprint density at radius 1 is 1.24 bits per heavy atom. The number of carbonyl (C=O) groups is 2. The van der Waals surface area contributed by atoms with E-state index in [2.05, 4.69) is 33.4 Å². The highest BCUT2D eigenvalue weighted by Crippen LogP contribution is 2.34. The first-order chi connectivity index (χ1) is 18.0. The second kappa shape index (κ2) is 13.0. The number of fused-ring (bicyclic) bond motifs is 1. The van der Waals surface area contributed by atoms with Crippen LogP contribution in [0.3, 0.4) is 0 Å². The number of carbonyl (C=O) groups excluding carboxylic acids is 2. The van der Waals surface area contributed by atoms with Gasteiger partial charge in [0, 0.05) is 45.1 Å². The number of aromatic nitrogens is 2. The standard InChI is InChI=1S/C29H40N4O4/c1-4-37-29(35)26(14-21-5-6-21)31-16-23-7-8-27-25(15-23)32-28(24(17-30-3)13-20(2)19-34)33(27)18-22-9-11-36-12-10-22/h7-8,13,15,17,19,21-22,26,30-31H,4-6,9-12,14,16,18H2,1-3H3/b20-13-,24-17+. The number of allylic oxidation sites excluding steroid dienone is 3. The Kier molecular flexibility index (Phi) is 9.52. The highest BCUT2D eigenvalue weighted by molar-refractivity contribution is 5.86. The van der Waals surface area contributed by atoms with Gasteiger partial charge in [0.25, 0.3) is 0 Å². The zero-order valence-electron chi connectivity index (χ0n) is 22.3. The monoisotopic (exact) mass is 508 g/mol. The molecule has 37 heavy (non-hydrogen) atoms. The lowest BCUT2D eigenvalue weighted by molar-refractivity contribution is -0.146. The lowest BCUT2D eigenvalue weighted by Gasteiger charge is -2.23. The van der Waals surface area contributed by atoms with E-state index < -0.39 is 0 Å². The summed E-state index contributed by atoms with van der Waals surface area (Å²) in [5, 5.41) is 6.53. The molecule has 2 aliphatic rings. The van der Waals surface area contributed by atoms with Crippen molar-refractivity contribution in [1.82, 2.24) is 20.2 Å². The number of ether oxygens (including phenoxy) is 2. The highest BCUT2D eigenvalue weighted by atomic mass is 16.5. The van der Waals surface area contributed by atoms with Crippen LogP contribution in [-0.2, 0) is 32.2 Å². The maximum Gasteiger partial charge on any atom is 0.323 e. The average Bonchev–Trinajstić information content (AvgIpc) is 3.66. The van der Waals surface area contributed by atoms with Crippen molar-refractivity contribution in [3.8, 4) is 0 Å². The van der Waals surface area contributed by atoms with Crippen molar-refractivity contribution in [3.05, 3.63) is 47.4 Å². The molecule has 1 atom stereocenters. The van der Waals surface area contributed by atoms with Crippen LogP contribution in [0, 0.1) is 11.8 Å². The van der Waals surface area contributed by atoms with Gasteiger partial charge in [-0.1, -0.05) is 18.9 Å². The first-order valence-electron chi connectivity index (χ1n) is 13.5. The lowest BCUT2D eigenvalue weighted by Crippen LogP contribution is -2.38. The summed E-state index contributed by atoms with van der Waals surface area (Å²) in [7, 11) is 1.85. The van der Waals surface area contributed by atoms with Gasteiger partial charge < -0.3 is 24.7 Å². The number of hydrogen-bond donors (Lipinski definition) is 2. The van der Waals surface area contributed by atoms with Crippen LogP contribution in [0.25, 0.3) is 16.6 Å². The number of nitrogens with zero attached hydrogens (tertiary/aromatic N) is 2. The third-order valence-electron chi connectivity index (χ3n) is 7.11. The van der Waals surface area contributed by atoms with Crippen molar-refractivity contribution in [1.29, 1.82) is 0 Å². The van der Waals surface area contributed by atoms with Gasteiger partial charge in [0.05, 0.1) is 17.6 Å². The smallest absolute Gasteiger partial charge is 0.323 e. The quantitative estimate of drug-likeness (QED) is 0.183. The Bertz CT molecular complexity index is 1140. The van der Waals surface area contributed by atoms with Crippen molar-refractivity contribution in [2.24, 2.45) is 11.8 Å². The summed E-state index contributed by atoms with van der Waals surface area (Å²) in [5.74, 6) is 1.79. The van der Waals surface area contributed by atoms with Crippen LogP contribution < -0.4 is 10.6 Å². The molecule has 0 spiro atoms. The fraction of sp³-hybridized carbons (Fsp3) is 0.552. The second-order valence-electron chi connectivity index (χ2n) is 10.2. The topological polar surface area (TPSA) is 94.5 Å². The minimum Gasteiger partial charge on any atom is -0.465 e. The minimum absolute atomic E-state index is 0.169. The van der Waals surface area contributed by atoms with E-state index >= 15 is 0 Å². The van der Waals surface area contributed by atoms with E-state index in [4.69, 9.17) is 14.5 Å². The fourth-order valence-electron chi connectivity index (χ4n) is 4.92. The predicted molar refractivity (Wildman–Crippen MR) is 145 cm³/mol. The van der Waals surface area contributed by atoms with Crippen molar-refractivity contribution in [3.63, 3.8) is 0 Å². The van der Waals surface area contributed by atoms with Crippen LogP contribution in [0.4, 0.5) is 0 Å². The van der Waals surface area contributed by atoms with Crippen molar-refractivity contribution in [2.75, 3.05) is 26.9 Å². The Morgan fingerprint density at radius 3 is 2.70 bits per heavy atom. The molecule has 1 aromatic carbocycles. The van der Waals surface area contributed by atoms with Gasteiger partial charge in [0.15, 0.2) is 0 Å². The summed E-state index contributed by atoms with van der Waals surface area (Å²) >= 11 is 0. The van der Waals surface area contributed by atoms with Crippen LogP contribution in [0.1, 0.15) is 57.3 Å². The highest BCUT2D eigenvalue weighted by Gasteiger charge is 2.30. The first kappa shape index (κ1) is 27.1. The summed E-state index contributed by atoms with van der Waals surface area (Å²) in [5.41, 5.74) is 4.52. The van der Waals surface area contributed by atoms with Crippen LogP contribution in [0.15, 0.2) is 36.0 Å². The molecule has 8 nitrogen and oxygen atoms in total. The Balaban J connectivity index is 1.63. The van der Waals surface area contributed by atoms with Gasteiger partial charge in [-0.3, -0.25) is 9.59 Å². The molecular weight excluding hydrogens is 468 g/mol. The van der Waals surface area contributed by atoms with Crippen molar-refractivity contribution < 1.29 is 19.1 Å². The molecule has 8 heteroatoms. The summed E-state index contributed by atoms with van der Waals surface area (Å²) in [6.45, 7) is 7.01. The third-order valence-corrected chi connectivity index (χ3v) is 7.11. The van der Waals surface area contributed by atoms with Crippen LogP contribution >= 0.6 is 0 Å². The molecule has 0 bridgehead atoms. The summed E-state index contributed by atoms with van der Waals surface area (Å²) in [4.78, 5) is 28.9. The zero-order chi connectivity index (χ0) is 26.2. The van der Waals surface area contributed by atoms with E-state index in [-0.39, 0.29) is 12.0 Å². The van der Waals surface area contributed by atoms with Gasteiger partial charge in [0.1, 0.15) is 18.2 Å². The van der Waals surface area contributed by atoms with Gasteiger partial charge >= 0.3 is 5.97 Å². The van der Waals surface area contributed by atoms with E-state index in [0.29, 0.717) is 30.6 Å². The number of esters is 1. The normalized spacial score (nSPS) is 18.1. The third kappa shape index (κ3) is 7.29. The molecule has 200 valence electrons. The van der Waals surface area contributed by atoms with Crippen LogP contribution in [0.2, 0.25) is 0 Å². The molecule has 1 unspecified atom stereocenters. The van der Waals surface area contributed by atoms with Gasteiger partial charge in [-0.25, -0.2) is 4.98 Å². The maximum absolute atomic E-state index is 12.5. The van der Waals surface area contributed by atoms with Crippen LogP contribution in [0.5, 0.6) is 0 Å². The van der Waals surface area contributed by atoms with Gasteiger partial charge in [-0.05, 0) is 74.3 Å². The molecule has 0 amide bonds. The number of benzene rings is 1. The summed E-state index contributed by atoms with van der Waals surface area (Å²) in [6.07, 6.45) is 9.87. The Hall–Kier alpha value is -2.97. The molecule has 1 saturated heterocycles. The van der Waals surface area contributed by atoms with E-state index in [1.54, 1.807) is 6.92 Å². The largest absolute Gasteiger partial charge is 0.465 e. The molecule has 2 N–H and O–H groups in total. The van der Waals surface area contributed by atoms with Gasteiger partial charge in [0.2, 0.25) is 0 Å². The lowest BCUT2D eigenvalue weighted by atomic mass is 10.00. The number of hydrogen-bond acceptors (Lipinski definition) is 7.